The fraction of sp³-hybridized carbons (Fsp3) is 0.550. The van der Waals surface area contributed by atoms with Crippen molar-refractivity contribution in [3.8, 4) is 0 Å². The minimum absolute atomic E-state index is 0.0869. The zero-order valence-electron chi connectivity index (χ0n) is 15.9. The molecule has 0 radical (unpaired) electrons. The van der Waals surface area contributed by atoms with Crippen LogP contribution in [0.1, 0.15) is 63.7 Å². The monoisotopic (exact) mass is 386 g/mol. The maximum absolute atomic E-state index is 13.1. The van der Waals surface area contributed by atoms with Crippen LogP contribution in [-0.4, -0.2) is 26.1 Å². The van der Waals surface area contributed by atoms with Crippen LogP contribution in [0.25, 0.3) is 15.7 Å². The van der Waals surface area contributed by atoms with Gasteiger partial charge in [0.25, 0.3) is 5.56 Å². The number of carbonyl (C=O) groups excluding carboxylic acids is 1. The summed E-state index contributed by atoms with van der Waals surface area (Å²) in [6, 6.07) is 3.55. The van der Waals surface area contributed by atoms with Gasteiger partial charge in [-0.15, -0.1) is 11.3 Å². The number of aryl methyl sites for hydroxylation is 1. The molecule has 144 valence electrons. The molecule has 1 atom stereocenters. The molecule has 0 bridgehead atoms. The Bertz CT molecular complexity index is 1020. The Morgan fingerprint density at radius 2 is 2.04 bits per heavy atom. The first kappa shape index (κ1) is 18.2. The van der Waals surface area contributed by atoms with E-state index in [9.17, 15) is 9.59 Å². The highest BCUT2D eigenvalue weighted by molar-refractivity contribution is 7.17. The van der Waals surface area contributed by atoms with Crippen LogP contribution < -0.4 is 10.9 Å². The third kappa shape index (κ3) is 3.29. The van der Waals surface area contributed by atoms with Gasteiger partial charge in [-0.1, -0.05) is 32.6 Å². The van der Waals surface area contributed by atoms with Gasteiger partial charge in [0.2, 0.25) is 5.91 Å². The summed E-state index contributed by atoms with van der Waals surface area (Å²) >= 11 is 1.61. The normalized spacial score (nSPS) is 17.3. The van der Waals surface area contributed by atoms with E-state index < -0.39 is 6.04 Å². The molecule has 3 aromatic rings. The molecule has 1 amide bonds. The lowest BCUT2D eigenvalue weighted by atomic mass is 10.1. The number of rotatable bonds is 4. The molecule has 0 aromatic carbocycles. The first-order valence-electron chi connectivity index (χ1n) is 9.88. The number of carbonyl (C=O) groups is 1. The molecule has 1 N–H and O–H groups in total. The molecular weight excluding hydrogens is 360 g/mol. The summed E-state index contributed by atoms with van der Waals surface area (Å²) in [5.41, 5.74) is 1.39. The molecule has 3 heterocycles. The van der Waals surface area contributed by atoms with Crippen molar-refractivity contribution in [1.29, 1.82) is 0 Å². The molecule has 4 rings (SSSR count). The Kier molecular flexibility index (Phi) is 5.04. The van der Waals surface area contributed by atoms with E-state index in [2.05, 4.69) is 10.4 Å². The lowest BCUT2D eigenvalue weighted by Gasteiger charge is -2.22. The quantitative estimate of drug-likeness (QED) is 0.693. The minimum Gasteiger partial charge on any atom is -0.352 e. The van der Waals surface area contributed by atoms with E-state index >= 15 is 0 Å². The fourth-order valence-electron chi connectivity index (χ4n) is 4.20. The summed E-state index contributed by atoms with van der Waals surface area (Å²) in [5.74, 6) is 0.634. The van der Waals surface area contributed by atoms with Crippen molar-refractivity contribution in [2.75, 3.05) is 0 Å². The van der Waals surface area contributed by atoms with Crippen molar-refractivity contribution in [1.82, 2.24) is 19.5 Å². The van der Waals surface area contributed by atoms with Crippen LogP contribution in [-0.2, 0) is 4.79 Å². The molecule has 7 heteroatoms. The van der Waals surface area contributed by atoms with E-state index in [0.717, 1.165) is 41.7 Å². The number of thiophene rings is 1. The largest absolute Gasteiger partial charge is 0.352 e. The van der Waals surface area contributed by atoms with E-state index in [1.54, 1.807) is 11.3 Å². The van der Waals surface area contributed by atoms with Crippen molar-refractivity contribution < 1.29 is 4.79 Å². The molecule has 6 nitrogen and oxygen atoms in total. The van der Waals surface area contributed by atoms with Crippen LogP contribution >= 0.6 is 11.3 Å². The summed E-state index contributed by atoms with van der Waals surface area (Å²) in [4.78, 5) is 26.1. The standard InChI is InChI=1S/C20H26N4O2S/c1-3-15(19(25)21-14-8-6-4-5-7-9-14)24-20(26)17-12-18-16(10-11-27-18)23(17)13(2)22-24/h10-12,14-15H,3-9H2,1-2H3,(H,21,25). The lowest BCUT2D eigenvalue weighted by Crippen LogP contribution is -2.43. The molecule has 0 aliphatic heterocycles. The zero-order chi connectivity index (χ0) is 19.0. The summed E-state index contributed by atoms with van der Waals surface area (Å²) < 4.78 is 4.34. The Morgan fingerprint density at radius 1 is 1.30 bits per heavy atom. The molecule has 1 unspecified atom stereocenters. The Morgan fingerprint density at radius 3 is 2.74 bits per heavy atom. The predicted molar refractivity (Wildman–Crippen MR) is 109 cm³/mol. The fourth-order valence-corrected chi connectivity index (χ4v) is 5.00. The van der Waals surface area contributed by atoms with Crippen LogP contribution in [0, 0.1) is 6.92 Å². The second-order valence-electron chi connectivity index (χ2n) is 7.45. The average Bonchev–Trinajstić information content (AvgIpc) is 3.14. The van der Waals surface area contributed by atoms with Gasteiger partial charge in [-0.2, -0.15) is 5.10 Å². The van der Waals surface area contributed by atoms with Crippen molar-refractivity contribution in [3.63, 3.8) is 0 Å². The SMILES string of the molecule is CCC(C(=O)NC1CCCCCC1)n1nc(C)n2c(cc3sccc32)c1=O. The van der Waals surface area contributed by atoms with Crippen LogP contribution in [0.15, 0.2) is 22.3 Å². The number of nitrogens with one attached hydrogen (secondary N) is 1. The van der Waals surface area contributed by atoms with Gasteiger partial charge >= 0.3 is 0 Å². The maximum atomic E-state index is 13.1. The summed E-state index contributed by atoms with van der Waals surface area (Å²) in [7, 11) is 0. The molecule has 0 saturated heterocycles. The number of aromatic nitrogens is 3. The highest BCUT2D eigenvalue weighted by Gasteiger charge is 2.26. The molecular formula is C20H26N4O2S. The van der Waals surface area contributed by atoms with Crippen molar-refractivity contribution >= 4 is 33.0 Å². The van der Waals surface area contributed by atoms with Gasteiger partial charge in [0.1, 0.15) is 17.4 Å². The van der Waals surface area contributed by atoms with Gasteiger partial charge < -0.3 is 5.32 Å². The van der Waals surface area contributed by atoms with Crippen LogP contribution in [0.2, 0.25) is 0 Å². The van der Waals surface area contributed by atoms with E-state index in [4.69, 9.17) is 0 Å². The van der Waals surface area contributed by atoms with Crippen molar-refractivity contribution in [3.05, 3.63) is 33.7 Å². The van der Waals surface area contributed by atoms with Crippen molar-refractivity contribution in [2.45, 2.75) is 70.9 Å². The average molecular weight is 387 g/mol. The molecule has 27 heavy (non-hydrogen) atoms. The molecule has 1 aliphatic carbocycles. The van der Waals surface area contributed by atoms with E-state index in [0.29, 0.717) is 11.9 Å². The van der Waals surface area contributed by atoms with Gasteiger partial charge in [-0.25, -0.2) is 4.68 Å². The summed E-state index contributed by atoms with van der Waals surface area (Å²) in [6.45, 7) is 3.82. The number of fused-ring (bicyclic) bond motifs is 3. The molecule has 0 spiro atoms. The molecule has 1 fully saturated rings. The molecule has 3 aromatic heterocycles. The first-order valence-corrected chi connectivity index (χ1v) is 10.8. The van der Waals surface area contributed by atoms with Crippen LogP contribution in [0.5, 0.6) is 0 Å². The third-order valence-electron chi connectivity index (χ3n) is 5.61. The molecule has 1 aliphatic rings. The second-order valence-corrected chi connectivity index (χ2v) is 8.40. The van der Waals surface area contributed by atoms with Gasteiger partial charge in [0, 0.05) is 6.04 Å². The Hall–Kier alpha value is -2.15. The highest BCUT2D eigenvalue weighted by Crippen LogP contribution is 2.25. The van der Waals surface area contributed by atoms with E-state index in [-0.39, 0.29) is 17.5 Å². The number of hydrogen-bond acceptors (Lipinski definition) is 4. The minimum atomic E-state index is -0.572. The van der Waals surface area contributed by atoms with Gasteiger partial charge in [0.15, 0.2) is 0 Å². The van der Waals surface area contributed by atoms with Crippen LogP contribution in [0.3, 0.4) is 0 Å². The first-order chi connectivity index (χ1) is 13.1. The van der Waals surface area contributed by atoms with Crippen molar-refractivity contribution in [2.24, 2.45) is 0 Å². The number of hydrogen-bond donors (Lipinski definition) is 1. The lowest BCUT2D eigenvalue weighted by molar-refractivity contribution is -0.125. The second kappa shape index (κ2) is 7.46. The topological polar surface area (TPSA) is 68.4 Å². The zero-order valence-corrected chi connectivity index (χ0v) is 16.7. The van der Waals surface area contributed by atoms with Gasteiger partial charge in [-0.3, -0.25) is 14.0 Å². The highest BCUT2D eigenvalue weighted by atomic mass is 32.1. The maximum Gasteiger partial charge on any atom is 0.291 e. The third-order valence-corrected chi connectivity index (χ3v) is 6.47. The predicted octanol–water partition coefficient (Wildman–Crippen LogP) is 3.81. The summed E-state index contributed by atoms with van der Waals surface area (Å²) in [5, 5.41) is 9.71. The van der Waals surface area contributed by atoms with Crippen LogP contribution in [0.4, 0.5) is 0 Å². The van der Waals surface area contributed by atoms with Gasteiger partial charge in [0.05, 0.1) is 10.2 Å². The Balaban J connectivity index is 1.69. The number of amides is 1. The smallest absolute Gasteiger partial charge is 0.291 e. The Labute approximate surface area is 162 Å². The number of nitrogens with zero attached hydrogens (tertiary/aromatic N) is 3. The summed E-state index contributed by atoms with van der Waals surface area (Å²) in [6.07, 6.45) is 7.39. The molecule has 1 saturated carbocycles. The van der Waals surface area contributed by atoms with E-state index in [1.165, 1.54) is 17.5 Å². The van der Waals surface area contributed by atoms with Gasteiger partial charge in [-0.05, 0) is 43.7 Å². The van der Waals surface area contributed by atoms with E-state index in [1.807, 2.05) is 35.8 Å².